The summed E-state index contributed by atoms with van der Waals surface area (Å²) in [6.45, 7) is 3.54. The number of rotatable bonds is 4. The number of nitrogens with one attached hydrogen (secondary N) is 1. The Labute approximate surface area is 91.9 Å². The van der Waals surface area contributed by atoms with Crippen molar-refractivity contribution in [3.05, 3.63) is 4.88 Å². The van der Waals surface area contributed by atoms with Crippen LogP contribution in [-0.2, 0) is 14.6 Å². The van der Waals surface area contributed by atoms with Crippen LogP contribution < -0.4 is 0 Å². The molecular formula is C7H11N3O3S2. The molecule has 6 nitrogen and oxygen atoms in total. The molecule has 0 radical (unpaired) electrons. The minimum atomic E-state index is -3.43. The zero-order valence-electron chi connectivity index (χ0n) is 8.35. The zero-order chi connectivity index (χ0) is 11.5. The van der Waals surface area contributed by atoms with Crippen LogP contribution >= 0.6 is 11.5 Å². The van der Waals surface area contributed by atoms with Crippen molar-refractivity contribution < 1.29 is 13.2 Å². The molecule has 0 amide bonds. The number of ether oxygens (including phenoxy) is 1. The van der Waals surface area contributed by atoms with Crippen LogP contribution in [0, 0.1) is 5.41 Å². The van der Waals surface area contributed by atoms with Crippen LogP contribution in [0.5, 0.6) is 0 Å². The molecule has 0 fully saturated rings. The SMILES string of the molecule is CCOC(=N)c1snnc1S(=O)(=O)CC. The van der Waals surface area contributed by atoms with Gasteiger partial charge in [0.25, 0.3) is 0 Å². The number of sulfone groups is 1. The largest absolute Gasteiger partial charge is 0.477 e. The molecule has 1 aromatic rings. The molecule has 0 aliphatic rings. The molecule has 84 valence electrons. The molecular weight excluding hydrogens is 238 g/mol. The summed E-state index contributed by atoms with van der Waals surface area (Å²) in [5, 5.41) is 10.8. The fourth-order valence-corrected chi connectivity index (χ4v) is 2.69. The van der Waals surface area contributed by atoms with E-state index < -0.39 is 9.84 Å². The van der Waals surface area contributed by atoms with E-state index in [9.17, 15) is 8.42 Å². The van der Waals surface area contributed by atoms with E-state index in [0.717, 1.165) is 11.5 Å². The third kappa shape index (κ3) is 2.51. The topological polar surface area (TPSA) is 93.0 Å². The van der Waals surface area contributed by atoms with Gasteiger partial charge in [-0.2, -0.15) is 0 Å². The first-order chi connectivity index (χ1) is 7.03. The Morgan fingerprint density at radius 2 is 2.20 bits per heavy atom. The van der Waals surface area contributed by atoms with Gasteiger partial charge in [0.15, 0.2) is 9.84 Å². The highest BCUT2D eigenvalue weighted by molar-refractivity contribution is 7.91. The third-order valence-electron chi connectivity index (χ3n) is 1.63. The number of aromatic nitrogens is 2. The molecule has 1 aromatic heterocycles. The van der Waals surface area contributed by atoms with Crippen molar-refractivity contribution in [3.63, 3.8) is 0 Å². The van der Waals surface area contributed by atoms with Gasteiger partial charge in [-0.3, -0.25) is 5.41 Å². The Hall–Kier alpha value is -1.02. The van der Waals surface area contributed by atoms with Gasteiger partial charge in [-0.1, -0.05) is 11.4 Å². The summed E-state index contributed by atoms with van der Waals surface area (Å²) in [4.78, 5) is 0.165. The van der Waals surface area contributed by atoms with Crippen molar-refractivity contribution in [2.75, 3.05) is 12.4 Å². The lowest BCUT2D eigenvalue weighted by atomic mass is 10.5. The van der Waals surface area contributed by atoms with Crippen LogP contribution in [0.1, 0.15) is 18.7 Å². The van der Waals surface area contributed by atoms with Crippen molar-refractivity contribution in [1.82, 2.24) is 9.59 Å². The minimum Gasteiger partial charge on any atom is -0.477 e. The molecule has 0 aliphatic carbocycles. The molecule has 0 unspecified atom stereocenters. The fraction of sp³-hybridized carbons (Fsp3) is 0.571. The van der Waals surface area contributed by atoms with Gasteiger partial charge in [0, 0.05) is 0 Å². The van der Waals surface area contributed by atoms with Crippen LogP contribution in [0.4, 0.5) is 0 Å². The predicted octanol–water partition coefficient (Wildman–Crippen LogP) is 0.694. The number of hydrogen-bond acceptors (Lipinski definition) is 7. The van der Waals surface area contributed by atoms with Gasteiger partial charge in [-0.25, -0.2) is 8.42 Å². The van der Waals surface area contributed by atoms with Crippen LogP contribution in [-0.4, -0.2) is 36.3 Å². The summed E-state index contributed by atoms with van der Waals surface area (Å²) < 4.78 is 31.5. The van der Waals surface area contributed by atoms with Gasteiger partial charge in [0.1, 0.15) is 4.88 Å². The lowest BCUT2D eigenvalue weighted by Crippen LogP contribution is -2.11. The molecule has 0 bridgehead atoms. The Morgan fingerprint density at radius 1 is 1.53 bits per heavy atom. The lowest BCUT2D eigenvalue weighted by Gasteiger charge is -2.03. The first-order valence-electron chi connectivity index (χ1n) is 4.29. The van der Waals surface area contributed by atoms with E-state index in [1.165, 1.54) is 6.92 Å². The third-order valence-corrected chi connectivity index (χ3v) is 4.12. The molecule has 1 rings (SSSR count). The Kier molecular flexibility index (Phi) is 3.75. The van der Waals surface area contributed by atoms with Gasteiger partial charge < -0.3 is 4.74 Å². The second-order valence-corrected chi connectivity index (χ2v) is 5.52. The maximum absolute atomic E-state index is 11.5. The normalized spacial score (nSPS) is 11.3. The monoisotopic (exact) mass is 249 g/mol. The molecule has 8 heteroatoms. The van der Waals surface area contributed by atoms with E-state index in [1.54, 1.807) is 6.92 Å². The summed E-state index contributed by atoms with van der Waals surface area (Å²) in [5.74, 6) is -0.260. The van der Waals surface area contributed by atoms with Crippen LogP contribution in [0.2, 0.25) is 0 Å². The van der Waals surface area contributed by atoms with Gasteiger partial charge in [-0.05, 0) is 18.5 Å². The van der Waals surface area contributed by atoms with Crippen molar-refractivity contribution in [2.45, 2.75) is 18.9 Å². The van der Waals surface area contributed by atoms with E-state index in [1.807, 2.05) is 0 Å². The van der Waals surface area contributed by atoms with Crippen molar-refractivity contribution in [3.8, 4) is 0 Å². The summed E-state index contributed by atoms with van der Waals surface area (Å²) >= 11 is 0.850. The maximum atomic E-state index is 11.5. The molecule has 1 heterocycles. The average Bonchev–Trinajstić information content (AvgIpc) is 2.67. The number of hydrogen-bond donors (Lipinski definition) is 1. The predicted molar refractivity (Wildman–Crippen MR) is 56.1 cm³/mol. The van der Waals surface area contributed by atoms with Crippen molar-refractivity contribution in [1.29, 1.82) is 5.41 Å². The van der Waals surface area contributed by atoms with E-state index in [4.69, 9.17) is 10.1 Å². The summed E-state index contributed by atoms with van der Waals surface area (Å²) in [5.41, 5.74) is 0. The molecule has 0 spiro atoms. The van der Waals surface area contributed by atoms with E-state index >= 15 is 0 Å². The number of nitrogens with zero attached hydrogens (tertiary/aromatic N) is 2. The zero-order valence-corrected chi connectivity index (χ0v) is 9.98. The Balaban J connectivity index is 3.13. The summed E-state index contributed by atoms with van der Waals surface area (Å²) in [6.07, 6.45) is 0. The summed E-state index contributed by atoms with van der Waals surface area (Å²) in [7, 11) is -3.43. The van der Waals surface area contributed by atoms with Crippen LogP contribution in [0.25, 0.3) is 0 Å². The van der Waals surface area contributed by atoms with Crippen molar-refractivity contribution in [2.24, 2.45) is 0 Å². The van der Waals surface area contributed by atoms with Crippen LogP contribution in [0.3, 0.4) is 0 Å². The molecule has 1 N–H and O–H groups in total. The average molecular weight is 249 g/mol. The Bertz CT molecular complexity index is 452. The molecule has 0 atom stereocenters. The van der Waals surface area contributed by atoms with E-state index in [0.29, 0.717) is 6.61 Å². The maximum Gasteiger partial charge on any atom is 0.228 e. The first kappa shape index (κ1) is 12.1. The highest BCUT2D eigenvalue weighted by Crippen LogP contribution is 2.18. The Morgan fingerprint density at radius 3 is 2.73 bits per heavy atom. The first-order valence-corrected chi connectivity index (χ1v) is 6.72. The van der Waals surface area contributed by atoms with E-state index in [2.05, 4.69) is 9.59 Å². The lowest BCUT2D eigenvalue weighted by molar-refractivity contribution is 0.325. The highest BCUT2D eigenvalue weighted by atomic mass is 32.2. The van der Waals surface area contributed by atoms with Gasteiger partial charge in [0.2, 0.25) is 10.9 Å². The molecule has 0 saturated heterocycles. The van der Waals surface area contributed by atoms with Gasteiger partial charge in [-0.15, -0.1) is 5.10 Å². The highest BCUT2D eigenvalue weighted by Gasteiger charge is 2.24. The van der Waals surface area contributed by atoms with Gasteiger partial charge >= 0.3 is 0 Å². The second-order valence-electron chi connectivity index (χ2n) is 2.57. The van der Waals surface area contributed by atoms with Crippen molar-refractivity contribution >= 4 is 27.3 Å². The second kappa shape index (κ2) is 4.67. The van der Waals surface area contributed by atoms with E-state index in [-0.39, 0.29) is 21.6 Å². The van der Waals surface area contributed by atoms with Crippen LogP contribution in [0.15, 0.2) is 5.03 Å². The minimum absolute atomic E-state index is 0.0647. The van der Waals surface area contributed by atoms with Gasteiger partial charge in [0.05, 0.1) is 12.4 Å². The molecule has 15 heavy (non-hydrogen) atoms. The quantitative estimate of drug-likeness (QED) is 0.626. The smallest absolute Gasteiger partial charge is 0.228 e. The summed E-state index contributed by atoms with van der Waals surface area (Å²) in [6, 6.07) is 0. The molecule has 0 saturated carbocycles. The fourth-order valence-electron chi connectivity index (χ4n) is 0.871. The molecule has 0 aliphatic heterocycles. The standard InChI is InChI=1S/C7H11N3O3S2/c1-3-13-6(8)5-7(9-10-14-5)15(11,12)4-2/h8H,3-4H2,1-2H3. The molecule has 0 aromatic carbocycles.